The molecular formula is C11H13FO2. The predicted octanol–water partition coefficient (Wildman–Crippen LogP) is 2.35. The molecular weight excluding hydrogens is 183 g/mol. The van der Waals surface area contributed by atoms with Gasteiger partial charge in [-0.2, -0.15) is 0 Å². The van der Waals surface area contributed by atoms with Gasteiger partial charge >= 0.3 is 0 Å². The summed E-state index contributed by atoms with van der Waals surface area (Å²) in [5.41, 5.74) is 2.88. The molecule has 0 unspecified atom stereocenters. The van der Waals surface area contributed by atoms with Crippen LogP contribution in [0.25, 0.3) is 0 Å². The Hall–Kier alpha value is -0.930. The lowest BCUT2D eigenvalue weighted by Crippen LogP contribution is -2.19. The van der Waals surface area contributed by atoms with Crippen LogP contribution in [0.5, 0.6) is 0 Å². The van der Waals surface area contributed by atoms with Crippen LogP contribution in [0.3, 0.4) is 0 Å². The molecule has 1 aromatic rings. The van der Waals surface area contributed by atoms with Crippen molar-refractivity contribution >= 4 is 0 Å². The Morgan fingerprint density at radius 3 is 3.00 bits per heavy atom. The highest BCUT2D eigenvalue weighted by molar-refractivity contribution is 5.37. The van der Waals surface area contributed by atoms with E-state index in [1.807, 2.05) is 6.92 Å². The molecule has 14 heavy (non-hydrogen) atoms. The summed E-state index contributed by atoms with van der Waals surface area (Å²) in [5.74, 6) is -0.182. The van der Waals surface area contributed by atoms with Crippen molar-refractivity contribution < 1.29 is 13.9 Å². The molecule has 2 nitrogen and oxygen atoms in total. The van der Waals surface area contributed by atoms with E-state index in [-0.39, 0.29) is 12.1 Å². The minimum atomic E-state index is -0.334. The van der Waals surface area contributed by atoms with Gasteiger partial charge in [0.2, 0.25) is 0 Å². The number of ether oxygens (including phenoxy) is 2. The fourth-order valence-corrected chi connectivity index (χ4v) is 1.91. The van der Waals surface area contributed by atoms with Crippen molar-refractivity contribution in [1.82, 2.24) is 0 Å². The zero-order valence-corrected chi connectivity index (χ0v) is 8.34. The number of aryl methyl sites for hydroxylation is 1. The molecule has 0 amide bonds. The van der Waals surface area contributed by atoms with Gasteiger partial charge in [-0.05, 0) is 36.6 Å². The third-order valence-corrected chi connectivity index (χ3v) is 2.53. The van der Waals surface area contributed by atoms with Gasteiger partial charge in [-0.3, -0.25) is 0 Å². The standard InChI is InChI=1S/C11H13FO2/c1-7-5-9(12)6-8-3-4-14-11(13-2)10(7)8/h5-6,11H,3-4H2,1-2H3/t11-/m0/s1. The fraction of sp³-hybridized carbons (Fsp3) is 0.455. The molecule has 0 spiro atoms. The van der Waals surface area contributed by atoms with Gasteiger partial charge < -0.3 is 9.47 Å². The maximum Gasteiger partial charge on any atom is 0.183 e. The Morgan fingerprint density at radius 2 is 2.29 bits per heavy atom. The summed E-state index contributed by atoms with van der Waals surface area (Å²) in [5, 5.41) is 0. The molecule has 0 radical (unpaired) electrons. The van der Waals surface area contributed by atoms with Crippen LogP contribution in [-0.2, 0) is 15.9 Å². The second-order valence-corrected chi connectivity index (χ2v) is 3.48. The molecule has 3 heteroatoms. The quantitative estimate of drug-likeness (QED) is 0.686. The van der Waals surface area contributed by atoms with Crippen molar-refractivity contribution in [3.8, 4) is 0 Å². The molecule has 0 bridgehead atoms. The summed E-state index contributed by atoms with van der Waals surface area (Å²) in [6, 6.07) is 3.08. The van der Waals surface area contributed by atoms with Gasteiger partial charge in [0, 0.05) is 12.7 Å². The molecule has 0 fully saturated rings. The molecule has 1 aromatic carbocycles. The molecule has 2 rings (SSSR count). The first kappa shape index (κ1) is 9.62. The smallest absolute Gasteiger partial charge is 0.183 e. The van der Waals surface area contributed by atoms with Crippen molar-refractivity contribution in [3.05, 3.63) is 34.6 Å². The molecule has 1 atom stereocenters. The van der Waals surface area contributed by atoms with Gasteiger partial charge in [0.05, 0.1) is 6.61 Å². The van der Waals surface area contributed by atoms with E-state index < -0.39 is 0 Å². The molecule has 1 aliphatic heterocycles. The SMILES string of the molecule is CO[C@H]1OCCc2cc(F)cc(C)c21. The monoisotopic (exact) mass is 196 g/mol. The van der Waals surface area contributed by atoms with Crippen LogP contribution in [0.4, 0.5) is 4.39 Å². The van der Waals surface area contributed by atoms with E-state index in [4.69, 9.17) is 9.47 Å². The van der Waals surface area contributed by atoms with Gasteiger partial charge in [0.25, 0.3) is 0 Å². The summed E-state index contributed by atoms with van der Waals surface area (Å²) in [4.78, 5) is 0. The topological polar surface area (TPSA) is 18.5 Å². The van der Waals surface area contributed by atoms with Crippen LogP contribution in [0.1, 0.15) is 23.0 Å². The average Bonchev–Trinajstić information content (AvgIpc) is 2.16. The van der Waals surface area contributed by atoms with Crippen LogP contribution in [0, 0.1) is 12.7 Å². The Bertz CT molecular complexity index is 349. The molecule has 1 aliphatic rings. The zero-order valence-electron chi connectivity index (χ0n) is 8.34. The molecule has 0 saturated carbocycles. The Kier molecular flexibility index (Phi) is 2.52. The van der Waals surface area contributed by atoms with Crippen LogP contribution in [0.15, 0.2) is 12.1 Å². The minimum absolute atomic E-state index is 0.182. The van der Waals surface area contributed by atoms with E-state index in [2.05, 4.69) is 0 Å². The first-order valence-electron chi connectivity index (χ1n) is 4.65. The highest BCUT2D eigenvalue weighted by atomic mass is 19.1. The Morgan fingerprint density at radius 1 is 1.50 bits per heavy atom. The highest BCUT2D eigenvalue weighted by Gasteiger charge is 2.22. The predicted molar refractivity (Wildman–Crippen MR) is 50.5 cm³/mol. The molecule has 0 aliphatic carbocycles. The van der Waals surface area contributed by atoms with Crippen molar-refractivity contribution in [3.63, 3.8) is 0 Å². The van der Waals surface area contributed by atoms with Gasteiger partial charge in [-0.15, -0.1) is 0 Å². The van der Waals surface area contributed by atoms with E-state index >= 15 is 0 Å². The maximum absolute atomic E-state index is 13.1. The van der Waals surface area contributed by atoms with Crippen LogP contribution in [-0.4, -0.2) is 13.7 Å². The van der Waals surface area contributed by atoms with Crippen molar-refractivity contribution in [2.24, 2.45) is 0 Å². The van der Waals surface area contributed by atoms with E-state index in [1.165, 1.54) is 6.07 Å². The van der Waals surface area contributed by atoms with E-state index in [0.29, 0.717) is 6.61 Å². The highest BCUT2D eigenvalue weighted by Crippen LogP contribution is 2.30. The van der Waals surface area contributed by atoms with Crippen molar-refractivity contribution in [2.45, 2.75) is 19.6 Å². The van der Waals surface area contributed by atoms with Crippen LogP contribution < -0.4 is 0 Å². The molecule has 0 aromatic heterocycles. The van der Waals surface area contributed by atoms with E-state index in [0.717, 1.165) is 23.1 Å². The number of fused-ring (bicyclic) bond motifs is 1. The first-order chi connectivity index (χ1) is 6.72. The van der Waals surface area contributed by atoms with E-state index in [1.54, 1.807) is 13.2 Å². The third kappa shape index (κ3) is 1.53. The van der Waals surface area contributed by atoms with Gasteiger partial charge in [-0.25, -0.2) is 4.39 Å². The lowest BCUT2D eigenvalue weighted by Gasteiger charge is -2.26. The molecule has 0 saturated heterocycles. The average molecular weight is 196 g/mol. The summed E-state index contributed by atoms with van der Waals surface area (Å²) >= 11 is 0. The Balaban J connectivity index is 2.51. The van der Waals surface area contributed by atoms with Crippen molar-refractivity contribution in [1.29, 1.82) is 0 Å². The molecule has 76 valence electrons. The molecule has 0 N–H and O–H groups in total. The number of hydrogen-bond acceptors (Lipinski definition) is 2. The summed E-state index contributed by atoms with van der Waals surface area (Å²) in [7, 11) is 1.60. The number of rotatable bonds is 1. The minimum Gasteiger partial charge on any atom is -0.352 e. The third-order valence-electron chi connectivity index (χ3n) is 2.53. The summed E-state index contributed by atoms with van der Waals surface area (Å²) < 4.78 is 23.7. The number of benzene rings is 1. The van der Waals surface area contributed by atoms with Gasteiger partial charge in [0.1, 0.15) is 5.82 Å². The molecule has 1 heterocycles. The Labute approximate surface area is 82.6 Å². The second kappa shape index (κ2) is 3.67. The zero-order chi connectivity index (χ0) is 10.1. The first-order valence-corrected chi connectivity index (χ1v) is 4.65. The number of hydrogen-bond donors (Lipinski definition) is 0. The maximum atomic E-state index is 13.1. The largest absolute Gasteiger partial charge is 0.352 e. The second-order valence-electron chi connectivity index (χ2n) is 3.48. The van der Waals surface area contributed by atoms with Gasteiger partial charge in [-0.1, -0.05) is 0 Å². The number of halogens is 1. The lowest BCUT2D eigenvalue weighted by molar-refractivity contribution is -0.135. The van der Waals surface area contributed by atoms with Crippen LogP contribution >= 0.6 is 0 Å². The van der Waals surface area contributed by atoms with Crippen molar-refractivity contribution in [2.75, 3.05) is 13.7 Å². The number of methoxy groups -OCH3 is 1. The van der Waals surface area contributed by atoms with Crippen LogP contribution in [0.2, 0.25) is 0 Å². The lowest BCUT2D eigenvalue weighted by atomic mass is 9.97. The fourth-order valence-electron chi connectivity index (χ4n) is 1.91. The summed E-state index contributed by atoms with van der Waals surface area (Å²) in [6.07, 6.45) is 0.424. The normalized spacial score (nSPS) is 20.6. The van der Waals surface area contributed by atoms with E-state index in [9.17, 15) is 4.39 Å². The summed E-state index contributed by atoms with van der Waals surface area (Å²) in [6.45, 7) is 2.47. The van der Waals surface area contributed by atoms with Gasteiger partial charge in [0.15, 0.2) is 6.29 Å².